The van der Waals surface area contributed by atoms with Gasteiger partial charge in [-0.15, -0.1) is 0 Å². The number of rotatable bonds is 0. The van der Waals surface area contributed by atoms with Gasteiger partial charge in [-0.2, -0.15) is 0 Å². The Morgan fingerprint density at radius 1 is 1.33 bits per heavy atom. The molecule has 3 atom stereocenters. The van der Waals surface area contributed by atoms with Gasteiger partial charge in [-0.1, -0.05) is 6.92 Å². The molecule has 12 heavy (non-hydrogen) atoms. The van der Waals surface area contributed by atoms with E-state index in [9.17, 15) is 4.79 Å². The fourth-order valence-corrected chi connectivity index (χ4v) is 4.06. The molecule has 0 aromatic carbocycles. The molecule has 1 spiro atoms. The highest BCUT2D eigenvalue weighted by Gasteiger charge is 2.70. The van der Waals surface area contributed by atoms with Crippen LogP contribution >= 0.6 is 0 Å². The van der Waals surface area contributed by atoms with Crippen LogP contribution in [0.1, 0.15) is 45.4 Å². The van der Waals surface area contributed by atoms with Gasteiger partial charge in [-0.25, -0.2) is 0 Å². The molecular weight excluding hydrogens is 148 g/mol. The van der Waals surface area contributed by atoms with Crippen LogP contribution in [-0.4, -0.2) is 5.78 Å². The van der Waals surface area contributed by atoms with E-state index in [2.05, 4.69) is 6.92 Å². The molecule has 3 aliphatic carbocycles. The van der Waals surface area contributed by atoms with Crippen molar-refractivity contribution in [2.24, 2.45) is 16.7 Å². The van der Waals surface area contributed by atoms with E-state index in [-0.39, 0.29) is 0 Å². The van der Waals surface area contributed by atoms with Crippen LogP contribution in [0.5, 0.6) is 0 Å². The third-order valence-electron chi connectivity index (χ3n) is 5.08. The number of Topliss-reactive ketones (excluding diaryl/α,β-unsaturated/α-hetero) is 1. The molecule has 0 heterocycles. The summed E-state index contributed by atoms with van der Waals surface area (Å²) in [5.41, 5.74) is 1.11. The maximum atomic E-state index is 11.6. The van der Waals surface area contributed by atoms with Crippen molar-refractivity contribution in [1.29, 1.82) is 0 Å². The van der Waals surface area contributed by atoms with Gasteiger partial charge in [0.25, 0.3) is 0 Å². The van der Waals surface area contributed by atoms with E-state index in [0.717, 1.165) is 6.42 Å². The summed E-state index contributed by atoms with van der Waals surface area (Å²) in [6, 6.07) is 0. The Labute approximate surface area is 73.5 Å². The van der Waals surface area contributed by atoms with Gasteiger partial charge in [-0.3, -0.25) is 4.79 Å². The Morgan fingerprint density at radius 3 is 2.67 bits per heavy atom. The first-order chi connectivity index (χ1) is 5.68. The third kappa shape index (κ3) is 0.512. The first kappa shape index (κ1) is 7.11. The predicted molar refractivity (Wildman–Crippen MR) is 46.7 cm³/mol. The van der Waals surface area contributed by atoms with E-state index >= 15 is 0 Å². The molecule has 0 saturated heterocycles. The second-order valence-electron chi connectivity index (χ2n) is 5.29. The molecule has 0 N–H and O–H groups in total. The van der Waals surface area contributed by atoms with Gasteiger partial charge < -0.3 is 0 Å². The molecule has 3 fully saturated rings. The SMILES string of the molecule is CC12CCC13CCCC(=O)C3C2. The Morgan fingerprint density at radius 2 is 2.17 bits per heavy atom. The van der Waals surface area contributed by atoms with Crippen molar-refractivity contribution < 1.29 is 4.79 Å². The average molecular weight is 164 g/mol. The van der Waals surface area contributed by atoms with Gasteiger partial charge in [0.1, 0.15) is 5.78 Å². The summed E-state index contributed by atoms with van der Waals surface area (Å²) in [4.78, 5) is 11.6. The molecule has 1 heteroatoms. The first-order valence-corrected chi connectivity index (χ1v) is 5.21. The smallest absolute Gasteiger partial charge is 0.136 e. The minimum atomic E-state index is 0.491. The van der Waals surface area contributed by atoms with Crippen LogP contribution in [0, 0.1) is 16.7 Å². The summed E-state index contributed by atoms with van der Waals surface area (Å²) >= 11 is 0. The Bertz CT molecular complexity index is 258. The number of hydrogen-bond acceptors (Lipinski definition) is 1. The molecule has 3 rings (SSSR count). The molecule has 3 aliphatic rings. The van der Waals surface area contributed by atoms with Crippen LogP contribution in [0.15, 0.2) is 0 Å². The highest BCUT2D eigenvalue weighted by molar-refractivity contribution is 5.84. The lowest BCUT2D eigenvalue weighted by molar-refractivity contribution is -0.231. The fourth-order valence-electron chi connectivity index (χ4n) is 4.06. The maximum absolute atomic E-state index is 11.6. The van der Waals surface area contributed by atoms with Crippen molar-refractivity contribution >= 4 is 5.78 Å². The van der Waals surface area contributed by atoms with E-state index in [1.807, 2.05) is 0 Å². The van der Waals surface area contributed by atoms with Crippen LogP contribution in [0.2, 0.25) is 0 Å². The monoisotopic (exact) mass is 164 g/mol. The van der Waals surface area contributed by atoms with E-state index < -0.39 is 0 Å². The van der Waals surface area contributed by atoms with Crippen LogP contribution in [0.25, 0.3) is 0 Å². The van der Waals surface area contributed by atoms with Gasteiger partial charge in [0, 0.05) is 12.3 Å². The second kappa shape index (κ2) is 1.78. The van der Waals surface area contributed by atoms with Crippen LogP contribution in [-0.2, 0) is 4.79 Å². The molecule has 0 aromatic rings. The zero-order valence-electron chi connectivity index (χ0n) is 7.73. The molecule has 3 unspecified atom stereocenters. The van der Waals surface area contributed by atoms with Gasteiger partial charge in [0.2, 0.25) is 0 Å². The lowest BCUT2D eigenvalue weighted by Crippen LogP contribution is -2.67. The van der Waals surface area contributed by atoms with Gasteiger partial charge in [0.15, 0.2) is 0 Å². The summed E-state index contributed by atoms with van der Waals surface area (Å²) in [6.07, 6.45) is 7.34. The molecule has 0 radical (unpaired) electrons. The minimum absolute atomic E-state index is 0.491. The normalized spacial score (nSPS) is 56.4. The van der Waals surface area contributed by atoms with Crippen LogP contribution in [0.3, 0.4) is 0 Å². The van der Waals surface area contributed by atoms with Crippen molar-refractivity contribution in [2.45, 2.75) is 45.4 Å². The molecule has 66 valence electrons. The van der Waals surface area contributed by atoms with Crippen molar-refractivity contribution in [3.8, 4) is 0 Å². The Kier molecular flexibility index (Phi) is 1.06. The second-order valence-corrected chi connectivity index (χ2v) is 5.29. The largest absolute Gasteiger partial charge is 0.299 e. The Balaban J connectivity index is 1.95. The van der Waals surface area contributed by atoms with Gasteiger partial charge in [0.05, 0.1) is 0 Å². The number of hydrogen-bond donors (Lipinski definition) is 0. The summed E-state index contributed by atoms with van der Waals surface area (Å²) in [5, 5.41) is 0. The third-order valence-corrected chi connectivity index (χ3v) is 5.08. The summed E-state index contributed by atoms with van der Waals surface area (Å²) in [7, 11) is 0. The van der Waals surface area contributed by atoms with Crippen molar-refractivity contribution in [3.05, 3.63) is 0 Å². The lowest BCUT2D eigenvalue weighted by atomic mass is 9.31. The summed E-state index contributed by atoms with van der Waals surface area (Å²) in [6.45, 7) is 2.39. The predicted octanol–water partition coefficient (Wildman–Crippen LogP) is 2.55. The standard InChI is InChI=1S/C11H16O/c1-10-5-6-11(10)4-2-3-9(12)8(11)7-10/h8H,2-7H2,1H3. The molecule has 1 nitrogen and oxygen atoms in total. The molecule has 0 aliphatic heterocycles. The molecular formula is C11H16O. The molecule has 0 aromatic heterocycles. The lowest BCUT2D eigenvalue weighted by Gasteiger charge is -2.72. The van der Waals surface area contributed by atoms with E-state index in [1.165, 1.54) is 32.1 Å². The van der Waals surface area contributed by atoms with Gasteiger partial charge in [-0.05, 0) is 42.9 Å². The van der Waals surface area contributed by atoms with Crippen LogP contribution < -0.4 is 0 Å². The van der Waals surface area contributed by atoms with E-state index in [4.69, 9.17) is 0 Å². The fraction of sp³-hybridized carbons (Fsp3) is 0.909. The number of carbonyl (C=O) groups excluding carboxylic acids is 1. The molecule has 0 amide bonds. The summed E-state index contributed by atoms with van der Waals surface area (Å²) < 4.78 is 0. The first-order valence-electron chi connectivity index (χ1n) is 5.21. The van der Waals surface area contributed by atoms with E-state index in [1.54, 1.807) is 0 Å². The minimum Gasteiger partial charge on any atom is -0.299 e. The van der Waals surface area contributed by atoms with Crippen molar-refractivity contribution in [3.63, 3.8) is 0 Å². The number of ketones is 1. The number of carbonyl (C=O) groups is 1. The molecule has 3 saturated carbocycles. The van der Waals surface area contributed by atoms with Crippen molar-refractivity contribution in [1.82, 2.24) is 0 Å². The average Bonchev–Trinajstić information content (AvgIpc) is 2.07. The molecule has 0 bridgehead atoms. The highest BCUT2D eigenvalue weighted by atomic mass is 16.1. The topological polar surface area (TPSA) is 17.1 Å². The zero-order valence-corrected chi connectivity index (χ0v) is 7.73. The zero-order chi connectivity index (χ0) is 8.40. The maximum Gasteiger partial charge on any atom is 0.136 e. The highest BCUT2D eigenvalue weighted by Crippen LogP contribution is 2.76. The quantitative estimate of drug-likeness (QED) is 0.537. The van der Waals surface area contributed by atoms with Crippen molar-refractivity contribution in [2.75, 3.05) is 0 Å². The Hall–Kier alpha value is -0.330. The van der Waals surface area contributed by atoms with Crippen LogP contribution in [0.4, 0.5) is 0 Å². The van der Waals surface area contributed by atoms with E-state index in [0.29, 0.717) is 22.5 Å². The summed E-state index contributed by atoms with van der Waals surface area (Å²) in [5.74, 6) is 1.07. The van der Waals surface area contributed by atoms with Gasteiger partial charge >= 0.3 is 0 Å².